The number of aliphatic hydroxyl groups excluding tert-OH is 1. The molecule has 2 heterocycles. The minimum Gasteiger partial charge on any atom is -0.484 e. The monoisotopic (exact) mass is 356 g/mol. The predicted molar refractivity (Wildman–Crippen MR) is 94.2 cm³/mol. The Kier molecular flexibility index (Phi) is 3.82. The first-order valence-electron chi connectivity index (χ1n) is 7.84. The fraction of sp³-hybridized carbons (Fsp3) is 0.167. The van der Waals surface area contributed by atoms with Gasteiger partial charge in [-0.25, -0.2) is 8.42 Å². The van der Waals surface area contributed by atoms with Gasteiger partial charge < -0.3 is 9.84 Å². The zero-order valence-corrected chi connectivity index (χ0v) is 14.1. The molecule has 3 aromatic rings. The average molecular weight is 356 g/mol. The van der Waals surface area contributed by atoms with E-state index in [1.807, 2.05) is 0 Å². The lowest BCUT2D eigenvalue weighted by Gasteiger charge is -2.34. The quantitative estimate of drug-likeness (QED) is 0.778. The normalized spacial score (nSPS) is 17.2. The number of benzene rings is 2. The van der Waals surface area contributed by atoms with Gasteiger partial charge >= 0.3 is 0 Å². The van der Waals surface area contributed by atoms with E-state index in [0.29, 0.717) is 22.3 Å². The minimum absolute atomic E-state index is 0.0481. The molecule has 0 aliphatic carbocycles. The fourth-order valence-corrected chi connectivity index (χ4v) is 4.72. The maximum absolute atomic E-state index is 13.4. The minimum atomic E-state index is -3.84. The highest BCUT2D eigenvalue weighted by Gasteiger charge is 2.34. The molecular formula is C18H16N2O4S. The van der Waals surface area contributed by atoms with Crippen LogP contribution in [0.5, 0.6) is 5.75 Å². The van der Waals surface area contributed by atoms with Crippen LogP contribution >= 0.6 is 0 Å². The van der Waals surface area contributed by atoms with E-state index in [2.05, 4.69) is 4.98 Å². The maximum atomic E-state index is 13.4. The van der Waals surface area contributed by atoms with Crippen molar-refractivity contribution >= 4 is 26.6 Å². The van der Waals surface area contributed by atoms with Crippen molar-refractivity contribution in [2.45, 2.75) is 11.0 Å². The molecule has 1 unspecified atom stereocenters. The zero-order chi connectivity index (χ0) is 17.4. The van der Waals surface area contributed by atoms with Gasteiger partial charge in [0.05, 0.1) is 29.3 Å². The van der Waals surface area contributed by atoms with E-state index >= 15 is 0 Å². The number of sulfonamides is 1. The van der Waals surface area contributed by atoms with E-state index in [4.69, 9.17) is 4.74 Å². The van der Waals surface area contributed by atoms with Crippen molar-refractivity contribution in [1.29, 1.82) is 0 Å². The van der Waals surface area contributed by atoms with Crippen LogP contribution in [0, 0.1) is 0 Å². The molecule has 1 aliphatic heterocycles. The molecule has 0 bridgehead atoms. The second-order valence-electron chi connectivity index (χ2n) is 5.75. The highest BCUT2D eigenvalue weighted by atomic mass is 32.2. The summed E-state index contributed by atoms with van der Waals surface area (Å²) >= 11 is 0. The summed E-state index contributed by atoms with van der Waals surface area (Å²) in [6.45, 7) is -0.218. The third kappa shape index (κ3) is 2.61. The van der Waals surface area contributed by atoms with Gasteiger partial charge in [-0.2, -0.15) is 0 Å². The summed E-state index contributed by atoms with van der Waals surface area (Å²) in [4.78, 5) is 4.41. The van der Waals surface area contributed by atoms with Gasteiger partial charge in [0, 0.05) is 11.6 Å². The molecule has 0 amide bonds. The summed E-state index contributed by atoms with van der Waals surface area (Å²) < 4.78 is 33.7. The Morgan fingerprint density at radius 2 is 1.96 bits per heavy atom. The number of fused-ring (bicyclic) bond motifs is 2. The highest BCUT2D eigenvalue weighted by Crippen LogP contribution is 2.37. The molecule has 1 aliphatic rings. The van der Waals surface area contributed by atoms with Crippen molar-refractivity contribution in [3.8, 4) is 5.75 Å². The van der Waals surface area contributed by atoms with Crippen LogP contribution in [-0.2, 0) is 10.0 Å². The second kappa shape index (κ2) is 6.02. The van der Waals surface area contributed by atoms with Crippen molar-refractivity contribution in [2.24, 2.45) is 0 Å². The number of hydrogen-bond acceptors (Lipinski definition) is 5. The summed E-state index contributed by atoms with van der Waals surface area (Å²) in [5, 5.41) is 10.1. The van der Waals surface area contributed by atoms with Crippen molar-refractivity contribution in [1.82, 2.24) is 4.98 Å². The summed E-state index contributed by atoms with van der Waals surface area (Å²) in [7, 11) is -3.84. The summed E-state index contributed by atoms with van der Waals surface area (Å²) in [5.74, 6) is 0.440. The van der Waals surface area contributed by atoms with E-state index in [9.17, 15) is 13.5 Å². The third-order valence-electron chi connectivity index (χ3n) is 4.17. The van der Waals surface area contributed by atoms with Crippen LogP contribution in [0.25, 0.3) is 10.9 Å². The predicted octanol–water partition coefficient (Wildman–Crippen LogP) is 2.18. The molecule has 2 aromatic carbocycles. The smallest absolute Gasteiger partial charge is 0.265 e. The first kappa shape index (κ1) is 15.9. The first-order valence-corrected chi connectivity index (χ1v) is 9.28. The first-order chi connectivity index (χ1) is 12.1. The van der Waals surface area contributed by atoms with Crippen molar-refractivity contribution < 1.29 is 18.3 Å². The molecule has 0 saturated carbocycles. The Morgan fingerprint density at radius 1 is 1.12 bits per heavy atom. The van der Waals surface area contributed by atoms with Crippen LogP contribution in [0.2, 0.25) is 0 Å². The van der Waals surface area contributed by atoms with Gasteiger partial charge in [-0.1, -0.05) is 18.2 Å². The molecule has 1 N–H and O–H groups in total. The van der Waals surface area contributed by atoms with E-state index in [1.54, 1.807) is 60.8 Å². The van der Waals surface area contributed by atoms with Gasteiger partial charge in [0.2, 0.25) is 0 Å². The SMILES string of the molecule is O=S(=O)(c1cccc2ncccc12)N1CC(CO)Oc2ccccc21. The number of para-hydroxylation sites is 2. The molecule has 1 aromatic heterocycles. The number of aliphatic hydroxyl groups is 1. The molecule has 4 rings (SSSR count). The van der Waals surface area contributed by atoms with Crippen LogP contribution in [0.15, 0.2) is 65.7 Å². The summed E-state index contributed by atoms with van der Waals surface area (Å²) in [6.07, 6.45) is 1.02. The maximum Gasteiger partial charge on any atom is 0.265 e. The second-order valence-corrected chi connectivity index (χ2v) is 7.58. The molecule has 7 heteroatoms. The largest absolute Gasteiger partial charge is 0.484 e. The Hall–Kier alpha value is -2.64. The Morgan fingerprint density at radius 3 is 2.80 bits per heavy atom. The van der Waals surface area contributed by atoms with Crippen LogP contribution in [0.3, 0.4) is 0 Å². The Labute approximate surface area is 145 Å². The number of pyridine rings is 1. The molecule has 0 spiro atoms. The molecule has 0 radical (unpaired) electrons. The van der Waals surface area contributed by atoms with Crippen LogP contribution < -0.4 is 9.04 Å². The van der Waals surface area contributed by atoms with Crippen LogP contribution in [0.4, 0.5) is 5.69 Å². The lowest BCUT2D eigenvalue weighted by atomic mass is 10.2. The lowest BCUT2D eigenvalue weighted by molar-refractivity contribution is 0.116. The molecular weight excluding hydrogens is 340 g/mol. The van der Waals surface area contributed by atoms with Gasteiger partial charge in [0.1, 0.15) is 11.9 Å². The van der Waals surface area contributed by atoms with E-state index in [0.717, 1.165) is 0 Å². The average Bonchev–Trinajstić information content (AvgIpc) is 2.66. The van der Waals surface area contributed by atoms with Crippen molar-refractivity contribution in [3.63, 3.8) is 0 Å². The number of ether oxygens (including phenoxy) is 1. The fourth-order valence-electron chi connectivity index (χ4n) is 3.00. The third-order valence-corrected chi connectivity index (χ3v) is 6.01. The topological polar surface area (TPSA) is 79.7 Å². The van der Waals surface area contributed by atoms with E-state index in [1.165, 1.54) is 4.31 Å². The Bertz CT molecular complexity index is 1030. The molecule has 0 fully saturated rings. The number of rotatable bonds is 3. The summed E-state index contributed by atoms with van der Waals surface area (Å²) in [5.41, 5.74) is 1.08. The lowest BCUT2D eigenvalue weighted by Crippen LogP contribution is -2.45. The summed E-state index contributed by atoms with van der Waals surface area (Å²) in [6, 6.07) is 15.4. The number of anilines is 1. The van der Waals surface area contributed by atoms with Gasteiger partial charge in [-0.05, 0) is 36.4 Å². The van der Waals surface area contributed by atoms with Crippen molar-refractivity contribution in [3.05, 3.63) is 60.8 Å². The van der Waals surface area contributed by atoms with Gasteiger partial charge in [0.25, 0.3) is 10.0 Å². The van der Waals surface area contributed by atoms with E-state index in [-0.39, 0.29) is 18.0 Å². The molecule has 1 atom stereocenters. The molecule has 0 saturated heterocycles. The Balaban J connectivity index is 1.90. The van der Waals surface area contributed by atoms with Gasteiger partial charge in [-0.15, -0.1) is 0 Å². The molecule has 128 valence electrons. The number of hydrogen-bond donors (Lipinski definition) is 1. The number of aromatic nitrogens is 1. The van der Waals surface area contributed by atoms with Crippen LogP contribution in [-0.4, -0.2) is 37.8 Å². The molecule has 25 heavy (non-hydrogen) atoms. The van der Waals surface area contributed by atoms with Crippen LogP contribution in [0.1, 0.15) is 0 Å². The van der Waals surface area contributed by atoms with E-state index < -0.39 is 16.1 Å². The van der Waals surface area contributed by atoms with Gasteiger partial charge in [-0.3, -0.25) is 9.29 Å². The standard InChI is InChI=1S/C18H16N2O4S/c21-12-13-11-20(16-7-1-2-8-17(16)24-13)25(22,23)18-9-3-6-15-14(18)5-4-10-19-15/h1-10,13,21H,11-12H2. The van der Waals surface area contributed by atoms with Crippen molar-refractivity contribution in [2.75, 3.05) is 17.5 Å². The van der Waals surface area contributed by atoms with Gasteiger partial charge in [0.15, 0.2) is 0 Å². The molecule has 6 nitrogen and oxygen atoms in total. The number of nitrogens with zero attached hydrogens (tertiary/aromatic N) is 2. The highest BCUT2D eigenvalue weighted by molar-refractivity contribution is 7.93. The zero-order valence-electron chi connectivity index (χ0n) is 13.2.